The van der Waals surface area contributed by atoms with Crippen molar-refractivity contribution in [3.63, 3.8) is 0 Å². The number of likely N-dealkylation sites (N-methyl/N-ethyl adjacent to an activating group) is 1. The largest absolute Gasteiger partial charge is 0.296 e. The molecule has 0 bridgehead atoms. The Kier molecular flexibility index (Phi) is 5.30. The molecule has 3 rings (SSSR count). The summed E-state index contributed by atoms with van der Waals surface area (Å²) < 4.78 is 16.1. The second kappa shape index (κ2) is 7.61. The van der Waals surface area contributed by atoms with Crippen LogP contribution in [0.4, 0.5) is 0 Å². The highest BCUT2D eigenvalue weighted by atomic mass is 31.2. The molecule has 0 aliphatic carbocycles. The van der Waals surface area contributed by atoms with Crippen LogP contribution in [0.5, 0.6) is 0 Å². The minimum Gasteiger partial charge on any atom is -0.296 e. The summed E-state index contributed by atoms with van der Waals surface area (Å²) in [5.41, 5.74) is 1.26. The van der Waals surface area contributed by atoms with E-state index in [-0.39, 0.29) is 0 Å². The SMILES string of the molecule is CN(CCc1ccccc1)P(=O)(c1ccccc1)c1ccccc1. The summed E-state index contributed by atoms with van der Waals surface area (Å²) in [4.78, 5) is 0. The van der Waals surface area contributed by atoms with E-state index in [0.717, 1.165) is 23.6 Å². The first kappa shape index (κ1) is 16.7. The van der Waals surface area contributed by atoms with Crippen molar-refractivity contribution < 1.29 is 4.57 Å². The molecular formula is C21H22NOP. The van der Waals surface area contributed by atoms with Gasteiger partial charge in [0.1, 0.15) is 0 Å². The van der Waals surface area contributed by atoms with Crippen molar-refractivity contribution in [3.8, 4) is 0 Å². The van der Waals surface area contributed by atoms with Crippen molar-refractivity contribution in [2.24, 2.45) is 0 Å². The smallest absolute Gasteiger partial charge is 0.206 e. The number of rotatable bonds is 6. The van der Waals surface area contributed by atoms with Gasteiger partial charge in [-0.1, -0.05) is 66.7 Å². The lowest BCUT2D eigenvalue weighted by molar-refractivity contribution is 0.486. The first-order valence-corrected chi connectivity index (χ1v) is 9.84. The van der Waals surface area contributed by atoms with Crippen LogP contribution in [0.2, 0.25) is 0 Å². The number of hydrogen-bond acceptors (Lipinski definition) is 1. The van der Waals surface area contributed by atoms with E-state index in [1.54, 1.807) is 0 Å². The maximum atomic E-state index is 14.1. The molecule has 0 heterocycles. The third kappa shape index (κ3) is 3.51. The lowest BCUT2D eigenvalue weighted by atomic mass is 10.2. The van der Waals surface area contributed by atoms with Gasteiger partial charge in [-0.05, 0) is 43.3 Å². The zero-order valence-corrected chi connectivity index (χ0v) is 14.8. The molecule has 0 amide bonds. The third-order valence-corrected chi connectivity index (χ3v) is 7.42. The normalized spacial score (nSPS) is 11.6. The molecule has 122 valence electrons. The van der Waals surface area contributed by atoms with Gasteiger partial charge in [0.25, 0.3) is 0 Å². The predicted molar refractivity (Wildman–Crippen MR) is 103 cm³/mol. The molecule has 0 atom stereocenters. The summed E-state index contributed by atoms with van der Waals surface area (Å²) in [5, 5.41) is 1.76. The number of benzene rings is 3. The van der Waals surface area contributed by atoms with Crippen LogP contribution in [0, 0.1) is 0 Å². The molecular weight excluding hydrogens is 313 g/mol. The number of nitrogens with zero attached hydrogens (tertiary/aromatic N) is 1. The van der Waals surface area contributed by atoms with Crippen LogP contribution in [-0.2, 0) is 11.0 Å². The highest BCUT2D eigenvalue weighted by Crippen LogP contribution is 2.46. The highest BCUT2D eigenvalue weighted by Gasteiger charge is 2.31. The van der Waals surface area contributed by atoms with Crippen molar-refractivity contribution in [2.75, 3.05) is 13.6 Å². The van der Waals surface area contributed by atoms with Crippen molar-refractivity contribution in [2.45, 2.75) is 6.42 Å². The van der Waals surface area contributed by atoms with E-state index in [0.29, 0.717) is 0 Å². The Balaban J connectivity index is 1.92. The highest BCUT2D eigenvalue weighted by molar-refractivity contribution is 7.76. The van der Waals surface area contributed by atoms with Gasteiger partial charge in [0.05, 0.1) is 0 Å². The molecule has 0 saturated carbocycles. The van der Waals surface area contributed by atoms with Crippen LogP contribution < -0.4 is 10.6 Å². The van der Waals surface area contributed by atoms with E-state index in [1.807, 2.05) is 90.6 Å². The fourth-order valence-electron chi connectivity index (χ4n) is 2.88. The zero-order valence-electron chi connectivity index (χ0n) is 13.9. The summed E-state index contributed by atoms with van der Waals surface area (Å²) in [6, 6.07) is 29.9. The predicted octanol–water partition coefficient (Wildman–Crippen LogP) is 4.09. The van der Waals surface area contributed by atoms with Gasteiger partial charge in [-0.15, -0.1) is 0 Å². The van der Waals surface area contributed by atoms with Crippen LogP contribution in [0.3, 0.4) is 0 Å². The Bertz CT molecular complexity index is 760. The Hall–Kier alpha value is -2.15. The lowest BCUT2D eigenvalue weighted by Gasteiger charge is -2.29. The molecule has 3 heteroatoms. The first-order chi connectivity index (χ1) is 11.7. The first-order valence-electron chi connectivity index (χ1n) is 8.18. The molecule has 0 aromatic heterocycles. The molecule has 0 aliphatic rings. The third-order valence-electron chi connectivity index (χ3n) is 4.26. The fourth-order valence-corrected chi connectivity index (χ4v) is 5.50. The molecule has 0 spiro atoms. The minimum atomic E-state index is -2.82. The Labute approximate surface area is 144 Å². The lowest BCUT2D eigenvalue weighted by Crippen LogP contribution is -2.31. The van der Waals surface area contributed by atoms with Gasteiger partial charge in [-0.25, -0.2) is 4.67 Å². The van der Waals surface area contributed by atoms with E-state index >= 15 is 0 Å². The second-order valence-corrected chi connectivity index (χ2v) is 8.73. The summed E-state index contributed by atoms with van der Waals surface area (Å²) >= 11 is 0. The van der Waals surface area contributed by atoms with Gasteiger partial charge in [0.2, 0.25) is 7.29 Å². The summed E-state index contributed by atoms with van der Waals surface area (Å²) in [5.74, 6) is 0. The molecule has 0 saturated heterocycles. The standard InChI is InChI=1S/C21H22NOP/c1-22(18-17-19-11-5-2-6-12-19)24(23,20-13-7-3-8-14-20)21-15-9-4-10-16-21/h2-16H,17-18H2,1H3. The summed E-state index contributed by atoms with van der Waals surface area (Å²) in [7, 11) is -0.857. The van der Waals surface area contributed by atoms with Gasteiger partial charge in [0.15, 0.2) is 0 Å². The van der Waals surface area contributed by atoms with E-state index < -0.39 is 7.29 Å². The van der Waals surface area contributed by atoms with Gasteiger partial charge in [-0.3, -0.25) is 4.57 Å². The molecule has 0 fully saturated rings. The van der Waals surface area contributed by atoms with E-state index in [1.165, 1.54) is 5.56 Å². The molecule has 0 N–H and O–H groups in total. The summed E-state index contributed by atoms with van der Waals surface area (Å²) in [6.07, 6.45) is 0.876. The average molecular weight is 335 g/mol. The van der Waals surface area contributed by atoms with E-state index in [4.69, 9.17) is 0 Å². The van der Waals surface area contributed by atoms with E-state index in [9.17, 15) is 4.57 Å². The Morgan fingerprint density at radius 3 is 1.58 bits per heavy atom. The molecule has 3 aromatic carbocycles. The molecule has 3 aromatic rings. The van der Waals surface area contributed by atoms with Crippen LogP contribution >= 0.6 is 7.29 Å². The maximum absolute atomic E-state index is 14.1. The van der Waals surface area contributed by atoms with Gasteiger partial charge < -0.3 is 0 Å². The molecule has 2 nitrogen and oxygen atoms in total. The van der Waals surface area contributed by atoms with Crippen molar-refractivity contribution in [3.05, 3.63) is 96.6 Å². The Morgan fingerprint density at radius 1 is 0.708 bits per heavy atom. The average Bonchev–Trinajstić information content (AvgIpc) is 2.67. The second-order valence-electron chi connectivity index (χ2n) is 5.86. The molecule has 24 heavy (non-hydrogen) atoms. The molecule has 0 aliphatic heterocycles. The maximum Gasteiger partial charge on any atom is 0.206 e. The fraction of sp³-hybridized carbons (Fsp3) is 0.143. The van der Waals surface area contributed by atoms with Crippen molar-refractivity contribution in [1.82, 2.24) is 4.67 Å². The van der Waals surface area contributed by atoms with Crippen LogP contribution in [0.15, 0.2) is 91.0 Å². The number of hydrogen-bond donors (Lipinski definition) is 0. The molecule has 0 unspecified atom stereocenters. The van der Waals surface area contributed by atoms with Crippen molar-refractivity contribution >= 4 is 17.9 Å². The summed E-state index contributed by atoms with van der Waals surface area (Å²) in [6.45, 7) is 0.741. The van der Waals surface area contributed by atoms with Crippen LogP contribution in [-0.4, -0.2) is 18.3 Å². The van der Waals surface area contributed by atoms with Gasteiger partial charge >= 0.3 is 0 Å². The van der Waals surface area contributed by atoms with E-state index in [2.05, 4.69) is 12.1 Å². The monoisotopic (exact) mass is 335 g/mol. The van der Waals surface area contributed by atoms with Gasteiger partial charge in [-0.2, -0.15) is 0 Å². The molecule has 0 radical (unpaired) electrons. The Morgan fingerprint density at radius 2 is 1.12 bits per heavy atom. The van der Waals surface area contributed by atoms with Crippen LogP contribution in [0.25, 0.3) is 0 Å². The minimum absolute atomic E-state index is 0.741. The zero-order chi connectivity index (χ0) is 16.8. The quantitative estimate of drug-likeness (QED) is 0.633. The van der Waals surface area contributed by atoms with Gasteiger partial charge in [0, 0.05) is 17.2 Å². The van der Waals surface area contributed by atoms with Crippen LogP contribution in [0.1, 0.15) is 5.56 Å². The topological polar surface area (TPSA) is 20.3 Å². The van der Waals surface area contributed by atoms with Crippen molar-refractivity contribution in [1.29, 1.82) is 0 Å².